The van der Waals surface area contributed by atoms with Gasteiger partial charge in [0.2, 0.25) is 0 Å². The van der Waals surface area contributed by atoms with Crippen LogP contribution in [0.25, 0.3) is 161 Å². The molecule has 0 N–H and O–H groups in total. The summed E-state index contributed by atoms with van der Waals surface area (Å²) >= 11 is 0. The topological polar surface area (TPSA) is 83.0 Å². The van der Waals surface area contributed by atoms with Gasteiger partial charge < -0.3 is 17.8 Å². The van der Waals surface area contributed by atoms with Gasteiger partial charge in [-0.25, -0.2) is 15.0 Å². The minimum absolute atomic E-state index is 0.537. The van der Waals surface area contributed by atoms with Gasteiger partial charge in [0.15, 0.2) is 17.5 Å². The molecule has 0 radical (unpaired) electrons. The zero-order valence-corrected chi connectivity index (χ0v) is 40.6. The van der Waals surface area contributed by atoms with E-state index in [1.165, 1.54) is 10.8 Å². The van der Waals surface area contributed by atoms with Crippen molar-refractivity contribution in [3.8, 4) is 73.2 Å². The van der Waals surface area contributed by atoms with Crippen LogP contribution in [-0.4, -0.2) is 19.5 Å². The number of benzene rings is 11. The largest absolute Gasteiger partial charge is 0.456 e. The molecule has 5 aromatic heterocycles. The normalized spacial score (nSPS) is 11.9. The lowest BCUT2D eigenvalue weighted by Crippen LogP contribution is -2.00. The van der Waals surface area contributed by atoms with Crippen LogP contribution in [0.2, 0.25) is 0 Å². The molecular formula is C69H40N4O3. The zero-order chi connectivity index (χ0) is 49.8. The first-order chi connectivity index (χ1) is 37.7. The molecule has 0 saturated carbocycles. The Kier molecular flexibility index (Phi) is 9.20. The highest BCUT2D eigenvalue weighted by Gasteiger charge is 2.24. The van der Waals surface area contributed by atoms with Gasteiger partial charge in [-0.15, -0.1) is 0 Å². The zero-order valence-electron chi connectivity index (χ0n) is 40.6. The first-order valence-corrected chi connectivity index (χ1v) is 25.5. The Hall–Kier alpha value is -10.4. The third-order valence-electron chi connectivity index (χ3n) is 15.1. The molecule has 0 spiro atoms. The number of hydrogen-bond acceptors (Lipinski definition) is 6. The number of furan rings is 3. The summed E-state index contributed by atoms with van der Waals surface area (Å²) in [6.45, 7) is 0. The average molecular weight is 973 g/mol. The highest BCUT2D eigenvalue weighted by Crippen LogP contribution is 2.47. The van der Waals surface area contributed by atoms with Crippen molar-refractivity contribution in [2.24, 2.45) is 0 Å². The second-order valence-corrected chi connectivity index (χ2v) is 19.4. The highest BCUT2D eigenvalue weighted by atomic mass is 16.3. The number of fused-ring (bicyclic) bond motifs is 12. The van der Waals surface area contributed by atoms with E-state index in [9.17, 15) is 0 Å². The number of para-hydroxylation sites is 4. The Balaban J connectivity index is 0.867. The molecule has 7 nitrogen and oxygen atoms in total. The van der Waals surface area contributed by atoms with E-state index in [1.54, 1.807) is 0 Å². The SMILES string of the molecule is c1ccc(-c2ccc3c(c2)oc2cc(-c4nc(-c5ccccc5)nc(-c5cccc6oc7ccc(-c8ccc(-c9cccc%10c%11ccccc%11n(-c%11ccccc%11)c9%10)c9oc%10ccccc%10c89)cc7c56)n4)ccc23)cc1. The molecule has 0 fully saturated rings. The Bertz CT molecular complexity index is 4990. The van der Waals surface area contributed by atoms with E-state index in [2.05, 4.69) is 187 Å². The van der Waals surface area contributed by atoms with Gasteiger partial charge in [0.25, 0.3) is 0 Å². The number of rotatable bonds is 7. The molecule has 0 unspecified atom stereocenters. The van der Waals surface area contributed by atoms with E-state index in [4.69, 9.17) is 28.2 Å². The molecule has 354 valence electrons. The summed E-state index contributed by atoms with van der Waals surface area (Å²) in [5.41, 5.74) is 17.1. The van der Waals surface area contributed by atoms with E-state index in [-0.39, 0.29) is 0 Å². The average Bonchev–Trinajstić information content (AvgIpc) is 4.31. The first kappa shape index (κ1) is 42.2. The summed E-state index contributed by atoms with van der Waals surface area (Å²) in [6, 6.07) is 84.4. The molecule has 7 heteroatoms. The Labute approximate surface area is 434 Å². The van der Waals surface area contributed by atoms with E-state index < -0.39 is 0 Å². The smallest absolute Gasteiger partial charge is 0.164 e. The van der Waals surface area contributed by atoms with Crippen LogP contribution >= 0.6 is 0 Å². The molecule has 11 aromatic carbocycles. The molecule has 0 aliphatic rings. The predicted octanol–water partition coefficient (Wildman–Crippen LogP) is 18.7. The van der Waals surface area contributed by atoms with Crippen LogP contribution in [0.1, 0.15) is 0 Å². The van der Waals surface area contributed by atoms with Crippen LogP contribution in [-0.2, 0) is 0 Å². The summed E-state index contributed by atoms with van der Waals surface area (Å²) in [5, 5.41) is 8.44. The fourth-order valence-corrected chi connectivity index (χ4v) is 11.6. The number of hydrogen-bond donors (Lipinski definition) is 0. The first-order valence-electron chi connectivity index (χ1n) is 25.5. The quantitative estimate of drug-likeness (QED) is 0.158. The molecular weight excluding hydrogens is 933 g/mol. The summed E-state index contributed by atoms with van der Waals surface area (Å²) < 4.78 is 22.6. The number of nitrogens with zero attached hydrogens (tertiary/aromatic N) is 4. The highest BCUT2D eigenvalue weighted by molar-refractivity contribution is 6.21. The molecule has 0 aliphatic heterocycles. The molecule has 16 aromatic rings. The maximum absolute atomic E-state index is 6.99. The van der Waals surface area contributed by atoms with E-state index in [0.29, 0.717) is 17.5 Å². The summed E-state index contributed by atoms with van der Waals surface area (Å²) in [5.74, 6) is 1.64. The Morgan fingerprint density at radius 3 is 1.67 bits per heavy atom. The van der Waals surface area contributed by atoms with Gasteiger partial charge in [-0.1, -0.05) is 170 Å². The maximum Gasteiger partial charge on any atom is 0.164 e. The van der Waals surface area contributed by atoms with Crippen molar-refractivity contribution < 1.29 is 13.3 Å². The third-order valence-corrected chi connectivity index (χ3v) is 15.1. The van der Waals surface area contributed by atoms with Crippen LogP contribution < -0.4 is 0 Å². The number of aromatic nitrogens is 4. The lowest BCUT2D eigenvalue weighted by atomic mass is 9.93. The van der Waals surface area contributed by atoms with Gasteiger partial charge in [-0.3, -0.25) is 0 Å². The van der Waals surface area contributed by atoms with Gasteiger partial charge in [0.05, 0.1) is 11.0 Å². The summed E-state index contributed by atoms with van der Waals surface area (Å²) in [4.78, 5) is 15.6. The molecule has 5 heterocycles. The second kappa shape index (κ2) is 16.6. The maximum atomic E-state index is 6.99. The van der Waals surface area contributed by atoms with Crippen molar-refractivity contribution in [2.45, 2.75) is 0 Å². The fraction of sp³-hybridized carbons (Fsp3) is 0. The molecule has 76 heavy (non-hydrogen) atoms. The lowest BCUT2D eigenvalue weighted by Gasteiger charge is -2.13. The van der Waals surface area contributed by atoms with Gasteiger partial charge >= 0.3 is 0 Å². The minimum atomic E-state index is 0.537. The Morgan fingerprint density at radius 1 is 0.276 bits per heavy atom. The second-order valence-electron chi connectivity index (χ2n) is 19.4. The molecule has 0 amide bonds. The van der Waals surface area contributed by atoms with Crippen molar-refractivity contribution in [2.75, 3.05) is 0 Å². The Morgan fingerprint density at radius 2 is 0.855 bits per heavy atom. The van der Waals surface area contributed by atoms with Gasteiger partial charge in [0.1, 0.15) is 33.5 Å². The molecule has 0 saturated heterocycles. The lowest BCUT2D eigenvalue weighted by molar-refractivity contribution is 0.668. The van der Waals surface area contributed by atoms with Crippen molar-refractivity contribution in [1.82, 2.24) is 19.5 Å². The van der Waals surface area contributed by atoms with Crippen LogP contribution in [0.4, 0.5) is 0 Å². The van der Waals surface area contributed by atoms with Gasteiger partial charge in [-0.2, -0.15) is 0 Å². The van der Waals surface area contributed by atoms with Crippen LogP contribution in [0.15, 0.2) is 256 Å². The van der Waals surface area contributed by atoms with E-state index in [0.717, 1.165) is 133 Å². The summed E-state index contributed by atoms with van der Waals surface area (Å²) in [7, 11) is 0. The van der Waals surface area contributed by atoms with Crippen molar-refractivity contribution in [1.29, 1.82) is 0 Å². The van der Waals surface area contributed by atoms with Gasteiger partial charge in [-0.05, 0) is 95.1 Å². The third kappa shape index (κ3) is 6.52. The van der Waals surface area contributed by atoms with Gasteiger partial charge in [0, 0.05) is 76.6 Å². The monoisotopic (exact) mass is 972 g/mol. The molecule has 0 atom stereocenters. The van der Waals surface area contributed by atoms with Crippen molar-refractivity contribution in [3.63, 3.8) is 0 Å². The predicted molar refractivity (Wildman–Crippen MR) is 309 cm³/mol. The van der Waals surface area contributed by atoms with E-state index >= 15 is 0 Å². The van der Waals surface area contributed by atoms with Crippen molar-refractivity contribution in [3.05, 3.63) is 243 Å². The van der Waals surface area contributed by atoms with Crippen LogP contribution in [0.5, 0.6) is 0 Å². The summed E-state index contributed by atoms with van der Waals surface area (Å²) in [6.07, 6.45) is 0. The van der Waals surface area contributed by atoms with Crippen LogP contribution in [0.3, 0.4) is 0 Å². The van der Waals surface area contributed by atoms with Crippen molar-refractivity contribution >= 4 is 87.6 Å². The standard InChI is InChI=1S/C69H40N4O3/c1-4-16-41(17-5-1)43-30-33-49-50-34-31-45(40-62(50)75-61(49)39-43)68-70-67(42-18-6-2-7-19-42)71-69(72-68)55-26-15-29-60-63(55)56-38-44(32-37-59(56)74-60)47-35-36-53(66-64(47)54-23-11-13-28-58(54)76-66)52-25-14-24-51-48-22-10-12-27-57(48)73(65(51)52)46-20-8-3-9-21-46/h1-40H. The van der Waals surface area contributed by atoms with Crippen LogP contribution in [0, 0.1) is 0 Å². The minimum Gasteiger partial charge on any atom is -0.456 e. The molecule has 0 aliphatic carbocycles. The fourth-order valence-electron chi connectivity index (χ4n) is 11.6. The molecule has 16 rings (SSSR count). The molecule has 0 bridgehead atoms. The van der Waals surface area contributed by atoms with E-state index in [1.807, 2.05) is 60.7 Å².